The Morgan fingerprint density at radius 1 is 1.50 bits per heavy atom. The van der Waals surface area contributed by atoms with Crippen LogP contribution in [0.25, 0.3) is 0 Å². The molecular weight excluding hydrogens is 297 g/mol. The normalized spacial score (nSPS) is 19.6. The zero-order valence-corrected chi connectivity index (χ0v) is 12.2. The van der Waals surface area contributed by atoms with Gasteiger partial charge in [0.15, 0.2) is 0 Å². The zero-order chi connectivity index (χ0) is 13.3. The molecule has 1 saturated heterocycles. The second-order valence-electron chi connectivity index (χ2n) is 5.17. The van der Waals surface area contributed by atoms with Crippen molar-refractivity contribution >= 4 is 21.8 Å². The maximum absolute atomic E-state index is 13.0. The summed E-state index contributed by atoms with van der Waals surface area (Å²) in [4.78, 5) is 14.2. The molecule has 1 amide bonds. The summed E-state index contributed by atoms with van der Waals surface area (Å²) in [6.07, 6.45) is 1.06. The van der Waals surface area contributed by atoms with Crippen LogP contribution in [-0.4, -0.2) is 23.9 Å². The predicted molar refractivity (Wildman–Crippen MR) is 72.9 cm³/mol. The van der Waals surface area contributed by atoms with Crippen molar-refractivity contribution in [2.75, 3.05) is 13.1 Å². The number of rotatable bonds is 2. The van der Waals surface area contributed by atoms with E-state index in [0.29, 0.717) is 21.9 Å². The first kappa shape index (κ1) is 13.5. The smallest absolute Gasteiger partial charge is 0.255 e. The van der Waals surface area contributed by atoms with Crippen molar-refractivity contribution in [3.63, 3.8) is 0 Å². The summed E-state index contributed by atoms with van der Waals surface area (Å²) < 4.78 is 13.5. The van der Waals surface area contributed by atoms with E-state index in [1.54, 1.807) is 6.07 Å². The van der Waals surface area contributed by atoms with Crippen LogP contribution in [-0.2, 0) is 0 Å². The van der Waals surface area contributed by atoms with E-state index in [1.807, 2.05) is 4.90 Å². The molecule has 0 aromatic heterocycles. The Labute approximate surface area is 115 Å². The third-order valence-electron chi connectivity index (χ3n) is 3.62. The van der Waals surface area contributed by atoms with Crippen LogP contribution in [0.1, 0.15) is 30.6 Å². The number of benzene rings is 1. The molecule has 2 rings (SSSR count). The quantitative estimate of drug-likeness (QED) is 0.815. The molecule has 1 fully saturated rings. The molecule has 0 N–H and O–H groups in total. The van der Waals surface area contributed by atoms with E-state index in [4.69, 9.17) is 0 Å². The van der Waals surface area contributed by atoms with Crippen LogP contribution in [0.5, 0.6) is 0 Å². The van der Waals surface area contributed by atoms with E-state index in [2.05, 4.69) is 29.8 Å². The minimum Gasteiger partial charge on any atom is -0.338 e. The molecule has 0 bridgehead atoms. The zero-order valence-electron chi connectivity index (χ0n) is 10.6. The molecule has 1 aliphatic rings. The van der Waals surface area contributed by atoms with Gasteiger partial charge in [-0.15, -0.1) is 0 Å². The number of nitrogens with zero attached hydrogens (tertiary/aromatic N) is 1. The Balaban J connectivity index is 2.13. The first-order valence-corrected chi connectivity index (χ1v) is 7.02. The van der Waals surface area contributed by atoms with Gasteiger partial charge < -0.3 is 4.90 Å². The molecule has 0 saturated carbocycles. The minimum atomic E-state index is -0.333. The molecular formula is C14H17BrFNO. The monoisotopic (exact) mass is 313 g/mol. The maximum atomic E-state index is 13.0. The number of carbonyl (C=O) groups excluding carboxylic acids is 1. The summed E-state index contributed by atoms with van der Waals surface area (Å²) in [5, 5.41) is 0. The van der Waals surface area contributed by atoms with Gasteiger partial charge in [0.2, 0.25) is 0 Å². The fraction of sp³-hybridized carbons (Fsp3) is 0.500. The third kappa shape index (κ3) is 2.74. The van der Waals surface area contributed by atoms with E-state index >= 15 is 0 Å². The lowest BCUT2D eigenvalue weighted by Gasteiger charge is -2.18. The van der Waals surface area contributed by atoms with Gasteiger partial charge in [0.05, 0.1) is 5.56 Å². The summed E-state index contributed by atoms with van der Waals surface area (Å²) in [5.41, 5.74) is 0.542. The van der Waals surface area contributed by atoms with Gasteiger partial charge in [0.1, 0.15) is 5.82 Å². The SMILES string of the molecule is CC(C)C1CCN(C(=O)c2ccc(F)cc2Br)C1. The van der Waals surface area contributed by atoms with Gasteiger partial charge in [0.25, 0.3) is 5.91 Å². The van der Waals surface area contributed by atoms with Crippen molar-refractivity contribution in [2.45, 2.75) is 20.3 Å². The lowest BCUT2D eigenvalue weighted by molar-refractivity contribution is 0.0783. The highest BCUT2D eigenvalue weighted by Gasteiger charge is 2.29. The number of carbonyl (C=O) groups is 1. The molecule has 0 radical (unpaired) electrons. The van der Waals surface area contributed by atoms with E-state index in [9.17, 15) is 9.18 Å². The molecule has 0 spiro atoms. The molecule has 18 heavy (non-hydrogen) atoms. The van der Waals surface area contributed by atoms with Crippen LogP contribution >= 0.6 is 15.9 Å². The standard InChI is InChI=1S/C14H17BrFNO/c1-9(2)10-5-6-17(8-10)14(18)12-4-3-11(16)7-13(12)15/h3-4,7,9-10H,5-6,8H2,1-2H3. The number of likely N-dealkylation sites (tertiary alicyclic amines) is 1. The van der Waals surface area contributed by atoms with Gasteiger partial charge in [-0.05, 0) is 52.4 Å². The Morgan fingerprint density at radius 3 is 2.78 bits per heavy atom. The number of halogens is 2. The highest BCUT2D eigenvalue weighted by molar-refractivity contribution is 9.10. The van der Waals surface area contributed by atoms with Crippen LogP contribution < -0.4 is 0 Å². The topological polar surface area (TPSA) is 20.3 Å². The first-order valence-electron chi connectivity index (χ1n) is 6.23. The van der Waals surface area contributed by atoms with Gasteiger partial charge in [0, 0.05) is 17.6 Å². The van der Waals surface area contributed by atoms with Gasteiger partial charge in [-0.3, -0.25) is 4.79 Å². The van der Waals surface area contributed by atoms with E-state index in [-0.39, 0.29) is 11.7 Å². The lowest BCUT2D eigenvalue weighted by Crippen LogP contribution is -2.29. The Morgan fingerprint density at radius 2 is 2.22 bits per heavy atom. The van der Waals surface area contributed by atoms with Gasteiger partial charge in [-0.25, -0.2) is 4.39 Å². The van der Waals surface area contributed by atoms with Crippen molar-refractivity contribution < 1.29 is 9.18 Å². The van der Waals surface area contributed by atoms with Crippen LogP contribution in [0.4, 0.5) is 4.39 Å². The highest BCUT2D eigenvalue weighted by Crippen LogP contribution is 2.27. The summed E-state index contributed by atoms with van der Waals surface area (Å²) in [6.45, 7) is 5.98. The fourth-order valence-electron chi connectivity index (χ4n) is 2.35. The average Bonchev–Trinajstić information content (AvgIpc) is 2.77. The summed E-state index contributed by atoms with van der Waals surface area (Å²) >= 11 is 3.25. The molecule has 1 aromatic carbocycles. The molecule has 1 atom stereocenters. The summed E-state index contributed by atoms with van der Waals surface area (Å²) in [7, 11) is 0. The molecule has 1 heterocycles. The highest BCUT2D eigenvalue weighted by atomic mass is 79.9. The van der Waals surface area contributed by atoms with Crippen molar-refractivity contribution in [1.29, 1.82) is 0 Å². The van der Waals surface area contributed by atoms with Crippen LogP contribution in [0, 0.1) is 17.7 Å². The lowest BCUT2D eigenvalue weighted by atomic mass is 9.95. The van der Waals surface area contributed by atoms with Crippen molar-refractivity contribution in [1.82, 2.24) is 4.90 Å². The number of amides is 1. The van der Waals surface area contributed by atoms with Crippen molar-refractivity contribution in [3.8, 4) is 0 Å². The molecule has 1 aliphatic heterocycles. The number of hydrogen-bond acceptors (Lipinski definition) is 1. The van der Waals surface area contributed by atoms with Gasteiger partial charge in [-0.2, -0.15) is 0 Å². The Hall–Kier alpha value is -0.900. The van der Waals surface area contributed by atoms with Crippen molar-refractivity contribution in [2.24, 2.45) is 11.8 Å². The third-order valence-corrected chi connectivity index (χ3v) is 4.27. The first-order chi connectivity index (χ1) is 8.49. The molecule has 0 aliphatic carbocycles. The molecule has 98 valence electrons. The number of hydrogen-bond donors (Lipinski definition) is 0. The van der Waals surface area contributed by atoms with Gasteiger partial charge in [-0.1, -0.05) is 13.8 Å². The largest absolute Gasteiger partial charge is 0.338 e. The van der Waals surface area contributed by atoms with E-state index in [1.165, 1.54) is 12.1 Å². The maximum Gasteiger partial charge on any atom is 0.255 e. The Kier molecular flexibility index (Phi) is 4.05. The summed E-state index contributed by atoms with van der Waals surface area (Å²) in [5.74, 6) is 0.831. The van der Waals surface area contributed by atoms with Gasteiger partial charge >= 0.3 is 0 Å². The second-order valence-corrected chi connectivity index (χ2v) is 6.02. The second kappa shape index (κ2) is 5.39. The van der Waals surface area contributed by atoms with E-state index < -0.39 is 0 Å². The predicted octanol–water partition coefficient (Wildman–Crippen LogP) is 3.71. The average molecular weight is 314 g/mol. The van der Waals surface area contributed by atoms with Crippen LogP contribution in [0.2, 0.25) is 0 Å². The van der Waals surface area contributed by atoms with Crippen LogP contribution in [0.3, 0.4) is 0 Å². The van der Waals surface area contributed by atoms with Crippen LogP contribution in [0.15, 0.2) is 22.7 Å². The molecule has 4 heteroatoms. The fourth-order valence-corrected chi connectivity index (χ4v) is 2.87. The molecule has 2 nitrogen and oxygen atoms in total. The molecule has 1 aromatic rings. The minimum absolute atomic E-state index is 0.00924. The van der Waals surface area contributed by atoms with E-state index in [0.717, 1.165) is 19.5 Å². The molecule has 1 unspecified atom stereocenters. The Bertz CT molecular complexity index is 461. The summed E-state index contributed by atoms with van der Waals surface area (Å²) in [6, 6.07) is 4.21. The van der Waals surface area contributed by atoms with Crippen molar-refractivity contribution in [3.05, 3.63) is 34.1 Å².